The third kappa shape index (κ3) is 5.90. The minimum atomic E-state index is -0.340. The maximum atomic E-state index is 13.3. The Balaban J connectivity index is 1.85. The first-order valence-corrected chi connectivity index (χ1v) is 10.8. The molecule has 1 atom stereocenters. The van der Waals surface area contributed by atoms with Crippen LogP contribution in [0.2, 0.25) is 0 Å². The van der Waals surface area contributed by atoms with Gasteiger partial charge in [0, 0.05) is 51.1 Å². The SMILES string of the molecule is CCCN1CCN(C(=O)CNC(C)=O)C[C@H](Cc2ccccc2-c2cccnc2)C1=O. The topological polar surface area (TPSA) is 82.6 Å². The van der Waals surface area contributed by atoms with Crippen molar-refractivity contribution in [3.8, 4) is 11.1 Å². The lowest BCUT2D eigenvalue weighted by Gasteiger charge is -2.24. The van der Waals surface area contributed by atoms with E-state index in [1.165, 1.54) is 6.92 Å². The molecule has 0 radical (unpaired) electrons. The number of carbonyl (C=O) groups is 3. The summed E-state index contributed by atoms with van der Waals surface area (Å²) in [6.45, 7) is 5.40. The molecule has 0 spiro atoms. The zero-order valence-electron chi connectivity index (χ0n) is 18.2. The molecule has 1 aliphatic heterocycles. The number of pyridine rings is 1. The number of aromatic nitrogens is 1. The summed E-state index contributed by atoms with van der Waals surface area (Å²) in [4.78, 5) is 45.0. The Hall–Kier alpha value is -3.22. The second-order valence-electron chi connectivity index (χ2n) is 7.87. The fourth-order valence-electron chi connectivity index (χ4n) is 3.99. The maximum Gasteiger partial charge on any atom is 0.242 e. The summed E-state index contributed by atoms with van der Waals surface area (Å²) >= 11 is 0. The molecular weight excluding hydrogens is 392 g/mol. The highest BCUT2D eigenvalue weighted by atomic mass is 16.2. The Morgan fingerprint density at radius 3 is 2.68 bits per heavy atom. The summed E-state index contributed by atoms with van der Waals surface area (Å²) in [5.74, 6) is -0.661. The van der Waals surface area contributed by atoms with Crippen LogP contribution in [0.25, 0.3) is 11.1 Å². The van der Waals surface area contributed by atoms with Crippen molar-refractivity contribution < 1.29 is 14.4 Å². The Morgan fingerprint density at radius 1 is 1.16 bits per heavy atom. The summed E-state index contributed by atoms with van der Waals surface area (Å²) < 4.78 is 0. The fraction of sp³-hybridized carbons (Fsp3) is 0.417. The minimum absolute atomic E-state index is 0.0453. The number of amides is 3. The lowest BCUT2D eigenvalue weighted by atomic mass is 9.91. The van der Waals surface area contributed by atoms with Crippen LogP contribution in [0, 0.1) is 5.92 Å². The molecule has 2 aromatic rings. The molecule has 31 heavy (non-hydrogen) atoms. The first kappa shape index (κ1) is 22.5. The van der Waals surface area contributed by atoms with Crippen LogP contribution in [0.15, 0.2) is 48.8 Å². The van der Waals surface area contributed by atoms with Crippen molar-refractivity contribution in [2.45, 2.75) is 26.7 Å². The highest BCUT2D eigenvalue weighted by Crippen LogP contribution is 2.26. The standard InChI is InChI=1S/C24H30N4O3/c1-3-11-27-12-13-28(23(30)16-26-18(2)29)17-21(24(27)31)14-19-7-4-5-9-22(19)20-8-6-10-25-15-20/h4-10,15,21H,3,11-14,16-17H2,1-2H3,(H,26,29)/t21-/m0/s1. The van der Waals surface area contributed by atoms with Crippen molar-refractivity contribution in [3.63, 3.8) is 0 Å². The number of hydrogen-bond acceptors (Lipinski definition) is 4. The molecule has 0 bridgehead atoms. The van der Waals surface area contributed by atoms with E-state index in [0.29, 0.717) is 32.6 Å². The summed E-state index contributed by atoms with van der Waals surface area (Å²) in [5.41, 5.74) is 3.11. The van der Waals surface area contributed by atoms with E-state index >= 15 is 0 Å². The molecule has 2 heterocycles. The fourth-order valence-corrected chi connectivity index (χ4v) is 3.99. The number of rotatable bonds is 7. The van der Waals surface area contributed by atoms with E-state index < -0.39 is 0 Å². The molecule has 0 aliphatic carbocycles. The monoisotopic (exact) mass is 422 g/mol. The summed E-state index contributed by atoms with van der Waals surface area (Å²) in [6.07, 6.45) is 4.96. The van der Waals surface area contributed by atoms with Gasteiger partial charge in [0.1, 0.15) is 0 Å². The van der Waals surface area contributed by atoms with E-state index in [0.717, 1.165) is 23.1 Å². The molecule has 164 valence electrons. The van der Waals surface area contributed by atoms with Crippen LogP contribution < -0.4 is 5.32 Å². The van der Waals surface area contributed by atoms with E-state index in [4.69, 9.17) is 0 Å². The molecule has 0 saturated carbocycles. The molecule has 1 aromatic carbocycles. The summed E-state index contributed by atoms with van der Waals surface area (Å²) in [7, 11) is 0. The third-order valence-corrected chi connectivity index (χ3v) is 5.53. The van der Waals surface area contributed by atoms with Crippen LogP contribution in [-0.2, 0) is 20.8 Å². The Bertz CT molecular complexity index is 916. The zero-order valence-corrected chi connectivity index (χ0v) is 18.2. The molecule has 3 amide bonds. The molecule has 1 fully saturated rings. The average Bonchev–Trinajstić information content (AvgIpc) is 2.93. The number of nitrogens with zero attached hydrogens (tertiary/aromatic N) is 3. The highest BCUT2D eigenvalue weighted by molar-refractivity contribution is 5.85. The van der Waals surface area contributed by atoms with Crippen molar-refractivity contribution in [3.05, 3.63) is 54.4 Å². The van der Waals surface area contributed by atoms with Crippen LogP contribution in [-0.4, -0.2) is 65.2 Å². The largest absolute Gasteiger partial charge is 0.347 e. The van der Waals surface area contributed by atoms with Gasteiger partial charge in [0.25, 0.3) is 0 Å². The summed E-state index contributed by atoms with van der Waals surface area (Å²) in [6, 6.07) is 11.9. The van der Waals surface area contributed by atoms with Gasteiger partial charge in [0.2, 0.25) is 17.7 Å². The lowest BCUT2D eigenvalue weighted by Crippen LogP contribution is -2.42. The lowest BCUT2D eigenvalue weighted by molar-refractivity contribution is -0.135. The van der Waals surface area contributed by atoms with Gasteiger partial charge in [-0.3, -0.25) is 19.4 Å². The molecule has 1 N–H and O–H groups in total. The highest BCUT2D eigenvalue weighted by Gasteiger charge is 2.32. The molecule has 1 saturated heterocycles. The normalized spacial score (nSPS) is 16.7. The van der Waals surface area contributed by atoms with Gasteiger partial charge in [-0.2, -0.15) is 0 Å². The van der Waals surface area contributed by atoms with E-state index in [1.54, 1.807) is 11.1 Å². The number of carbonyl (C=O) groups excluding carboxylic acids is 3. The van der Waals surface area contributed by atoms with Gasteiger partial charge in [-0.25, -0.2) is 0 Å². The van der Waals surface area contributed by atoms with Crippen molar-refractivity contribution in [2.24, 2.45) is 5.92 Å². The van der Waals surface area contributed by atoms with Crippen molar-refractivity contribution >= 4 is 17.7 Å². The van der Waals surface area contributed by atoms with E-state index in [9.17, 15) is 14.4 Å². The Morgan fingerprint density at radius 2 is 1.97 bits per heavy atom. The third-order valence-electron chi connectivity index (χ3n) is 5.53. The van der Waals surface area contributed by atoms with Gasteiger partial charge < -0.3 is 15.1 Å². The number of nitrogens with one attached hydrogen (secondary N) is 1. The van der Waals surface area contributed by atoms with Crippen molar-refractivity contribution in [1.29, 1.82) is 0 Å². The molecule has 1 aromatic heterocycles. The van der Waals surface area contributed by atoms with Gasteiger partial charge in [-0.15, -0.1) is 0 Å². The van der Waals surface area contributed by atoms with Crippen molar-refractivity contribution in [1.82, 2.24) is 20.1 Å². The van der Waals surface area contributed by atoms with E-state index in [1.807, 2.05) is 54.4 Å². The van der Waals surface area contributed by atoms with Crippen molar-refractivity contribution in [2.75, 3.05) is 32.7 Å². The predicted octanol–water partition coefficient (Wildman–Crippen LogP) is 2.12. The Kier molecular flexibility index (Phi) is 7.76. The second kappa shape index (κ2) is 10.7. The van der Waals surface area contributed by atoms with Gasteiger partial charge in [0.15, 0.2) is 0 Å². The molecule has 0 unspecified atom stereocenters. The molecular formula is C24H30N4O3. The quantitative estimate of drug-likeness (QED) is 0.741. The molecule has 7 heteroatoms. The van der Waals surface area contributed by atoms with E-state index in [-0.39, 0.29) is 30.2 Å². The van der Waals surface area contributed by atoms with Crippen LogP contribution in [0.3, 0.4) is 0 Å². The van der Waals surface area contributed by atoms with Crippen LogP contribution >= 0.6 is 0 Å². The maximum absolute atomic E-state index is 13.3. The predicted molar refractivity (Wildman–Crippen MR) is 119 cm³/mol. The summed E-state index contributed by atoms with van der Waals surface area (Å²) in [5, 5.41) is 2.57. The van der Waals surface area contributed by atoms with Crippen LogP contribution in [0.1, 0.15) is 25.8 Å². The average molecular weight is 423 g/mol. The van der Waals surface area contributed by atoms with Gasteiger partial charge in [0.05, 0.1) is 12.5 Å². The van der Waals surface area contributed by atoms with Gasteiger partial charge >= 0.3 is 0 Å². The van der Waals surface area contributed by atoms with Crippen LogP contribution in [0.4, 0.5) is 0 Å². The second-order valence-corrected chi connectivity index (χ2v) is 7.87. The molecule has 7 nitrogen and oxygen atoms in total. The van der Waals surface area contributed by atoms with Crippen LogP contribution in [0.5, 0.6) is 0 Å². The smallest absolute Gasteiger partial charge is 0.242 e. The zero-order chi connectivity index (χ0) is 22.2. The first-order chi connectivity index (χ1) is 15.0. The minimum Gasteiger partial charge on any atom is -0.347 e. The molecule has 1 aliphatic rings. The van der Waals surface area contributed by atoms with E-state index in [2.05, 4.69) is 10.3 Å². The Labute approximate surface area is 183 Å². The molecule has 3 rings (SSSR count). The van der Waals surface area contributed by atoms with Gasteiger partial charge in [-0.05, 0) is 30.0 Å². The number of hydrogen-bond donors (Lipinski definition) is 1. The van der Waals surface area contributed by atoms with Gasteiger partial charge in [-0.1, -0.05) is 37.3 Å². The number of benzene rings is 1. The first-order valence-electron chi connectivity index (χ1n) is 10.8.